The number of nitro benzene ring substituents is 1. The van der Waals surface area contributed by atoms with Crippen LogP contribution in [0, 0.1) is 10.1 Å². The third-order valence-electron chi connectivity index (χ3n) is 4.28. The van der Waals surface area contributed by atoms with Crippen molar-refractivity contribution in [1.82, 2.24) is 0 Å². The monoisotopic (exact) mass is 439 g/mol. The number of esters is 1. The molecule has 0 bridgehead atoms. The Balaban J connectivity index is 1.84. The minimum Gasteiger partial charge on any atom is -0.479 e. The van der Waals surface area contributed by atoms with E-state index in [-0.39, 0.29) is 16.3 Å². The Morgan fingerprint density at radius 1 is 0.935 bits per heavy atom. The van der Waals surface area contributed by atoms with Gasteiger partial charge in [0.2, 0.25) is 0 Å². The molecule has 3 rings (SSSR count). The quantitative estimate of drug-likeness (QED) is 0.177. The summed E-state index contributed by atoms with van der Waals surface area (Å²) in [4.78, 5) is 34.5. The van der Waals surface area contributed by atoms with Crippen LogP contribution in [0.15, 0.2) is 83.8 Å². The standard InChI is InChI=1S/C22H17NO7S/c24-19(21(25)26)20(31-18-9-5-4-8-17(18)23(28)29)14-10-12-16(13-11-14)30-22(27)15-6-2-1-3-7-15/h1-13,19-20,24H,(H,25,26)/t19-,20+/m1/s1. The Morgan fingerprint density at radius 3 is 2.16 bits per heavy atom. The summed E-state index contributed by atoms with van der Waals surface area (Å²) >= 11 is 0.870. The predicted octanol–water partition coefficient (Wildman–Crippen LogP) is 4.09. The van der Waals surface area contributed by atoms with E-state index in [2.05, 4.69) is 0 Å². The lowest BCUT2D eigenvalue weighted by Gasteiger charge is -2.20. The number of hydrogen-bond acceptors (Lipinski definition) is 7. The highest BCUT2D eigenvalue weighted by atomic mass is 32.2. The average molecular weight is 439 g/mol. The van der Waals surface area contributed by atoms with E-state index in [4.69, 9.17) is 4.74 Å². The largest absolute Gasteiger partial charge is 0.479 e. The third-order valence-corrected chi connectivity index (χ3v) is 5.67. The molecule has 0 spiro atoms. The van der Waals surface area contributed by atoms with Crippen LogP contribution in [0.4, 0.5) is 5.69 Å². The van der Waals surface area contributed by atoms with Gasteiger partial charge >= 0.3 is 11.9 Å². The highest BCUT2D eigenvalue weighted by Crippen LogP contribution is 2.42. The molecule has 2 atom stereocenters. The van der Waals surface area contributed by atoms with Crippen LogP contribution in [0.25, 0.3) is 0 Å². The Labute approximate surface area is 181 Å². The number of nitrogens with zero attached hydrogens (tertiary/aromatic N) is 1. The molecule has 0 radical (unpaired) electrons. The molecule has 9 heteroatoms. The number of aliphatic hydroxyl groups excluding tert-OH is 1. The number of para-hydroxylation sites is 1. The first-order valence-electron chi connectivity index (χ1n) is 9.05. The van der Waals surface area contributed by atoms with Crippen molar-refractivity contribution < 1.29 is 29.5 Å². The molecule has 0 unspecified atom stereocenters. The van der Waals surface area contributed by atoms with Gasteiger partial charge in [0, 0.05) is 6.07 Å². The number of rotatable bonds is 8. The number of thioether (sulfide) groups is 1. The molecule has 0 heterocycles. The zero-order chi connectivity index (χ0) is 22.4. The highest BCUT2D eigenvalue weighted by Gasteiger charge is 2.30. The molecule has 0 aliphatic rings. The Kier molecular flexibility index (Phi) is 7.01. The summed E-state index contributed by atoms with van der Waals surface area (Å²) in [7, 11) is 0. The van der Waals surface area contributed by atoms with E-state index < -0.39 is 28.2 Å². The van der Waals surface area contributed by atoms with Gasteiger partial charge in [-0.3, -0.25) is 10.1 Å². The predicted molar refractivity (Wildman–Crippen MR) is 113 cm³/mol. The summed E-state index contributed by atoms with van der Waals surface area (Å²) in [6, 6.07) is 20.2. The smallest absolute Gasteiger partial charge is 0.343 e. The van der Waals surface area contributed by atoms with Crippen molar-refractivity contribution in [3.05, 3.63) is 100 Å². The maximum Gasteiger partial charge on any atom is 0.343 e. The molecular weight excluding hydrogens is 422 g/mol. The van der Waals surface area contributed by atoms with E-state index in [9.17, 15) is 29.9 Å². The van der Waals surface area contributed by atoms with Gasteiger partial charge in [0.1, 0.15) is 5.75 Å². The zero-order valence-corrected chi connectivity index (χ0v) is 16.8. The summed E-state index contributed by atoms with van der Waals surface area (Å²) in [5.41, 5.74) is 0.582. The fourth-order valence-corrected chi connectivity index (χ4v) is 3.99. The van der Waals surface area contributed by atoms with E-state index in [1.807, 2.05) is 0 Å². The van der Waals surface area contributed by atoms with Crippen LogP contribution in [0.5, 0.6) is 5.75 Å². The zero-order valence-electron chi connectivity index (χ0n) is 16.0. The van der Waals surface area contributed by atoms with Gasteiger partial charge in [-0.15, -0.1) is 11.8 Å². The molecule has 0 saturated heterocycles. The van der Waals surface area contributed by atoms with Crippen LogP contribution in [-0.2, 0) is 4.79 Å². The molecule has 3 aromatic carbocycles. The van der Waals surface area contributed by atoms with E-state index in [1.165, 1.54) is 42.5 Å². The van der Waals surface area contributed by atoms with E-state index in [0.29, 0.717) is 11.1 Å². The van der Waals surface area contributed by atoms with Crippen molar-refractivity contribution >= 4 is 29.4 Å². The highest BCUT2D eigenvalue weighted by molar-refractivity contribution is 7.99. The van der Waals surface area contributed by atoms with Crippen LogP contribution in [0.2, 0.25) is 0 Å². The molecule has 158 valence electrons. The molecule has 3 aromatic rings. The summed E-state index contributed by atoms with van der Waals surface area (Å²) in [6.07, 6.45) is -1.82. The van der Waals surface area contributed by atoms with Gasteiger partial charge in [0.25, 0.3) is 5.69 Å². The van der Waals surface area contributed by atoms with Crippen molar-refractivity contribution in [3.63, 3.8) is 0 Å². The number of carbonyl (C=O) groups is 2. The van der Waals surface area contributed by atoms with Gasteiger partial charge in [0.15, 0.2) is 6.10 Å². The molecule has 0 aromatic heterocycles. The van der Waals surface area contributed by atoms with Crippen molar-refractivity contribution in [2.24, 2.45) is 0 Å². The van der Waals surface area contributed by atoms with E-state index in [0.717, 1.165) is 11.8 Å². The number of nitro groups is 1. The number of carboxylic acid groups (broad SMARTS) is 1. The lowest BCUT2D eigenvalue weighted by molar-refractivity contribution is -0.387. The summed E-state index contributed by atoms with van der Waals surface area (Å²) < 4.78 is 5.30. The first-order chi connectivity index (χ1) is 14.9. The Bertz CT molecular complexity index is 1090. The van der Waals surface area contributed by atoms with Gasteiger partial charge in [-0.05, 0) is 35.9 Å². The topological polar surface area (TPSA) is 127 Å². The minimum absolute atomic E-state index is 0.191. The SMILES string of the molecule is O=C(Oc1ccc([C@H](Sc2ccccc2[N+](=O)[O-])[C@@H](O)C(=O)O)cc1)c1ccccc1. The molecule has 8 nitrogen and oxygen atoms in total. The molecule has 0 amide bonds. The average Bonchev–Trinajstić information content (AvgIpc) is 2.78. The van der Waals surface area contributed by atoms with Gasteiger partial charge in [-0.2, -0.15) is 0 Å². The molecule has 0 aliphatic carbocycles. The molecule has 0 saturated carbocycles. The number of aliphatic hydroxyl groups is 1. The Hall–Kier alpha value is -3.69. The van der Waals surface area contributed by atoms with Crippen molar-refractivity contribution in [2.75, 3.05) is 0 Å². The van der Waals surface area contributed by atoms with Crippen LogP contribution >= 0.6 is 11.8 Å². The second kappa shape index (κ2) is 9.88. The molecule has 2 N–H and O–H groups in total. The van der Waals surface area contributed by atoms with Gasteiger partial charge in [-0.1, -0.05) is 42.5 Å². The van der Waals surface area contributed by atoms with Crippen LogP contribution in [-0.4, -0.2) is 33.2 Å². The third kappa shape index (κ3) is 5.47. The van der Waals surface area contributed by atoms with Crippen molar-refractivity contribution in [2.45, 2.75) is 16.2 Å². The minimum atomic E-state index is -1.82. The summed E-state index contributed by atoms with van der Waals surface area (Å²) in [5.74, 6) is -1.78. The van der Waals surface area contributed by atoms with Gasteiger partial charge in [0.05, 0.1) is 20.6 Å². The summed E-state index contributed by atoms with van der Waals surface area (Å²) in [6.45, 7) is 0. The number of aliphatic carboxylic acids is 1. The maximum atomic E-state index is 12.2. The normalized spacial score (nSPS) is 12.5. The number of ether oxygens (including phenoxy) is 1. The summed E-state index contributed by atoms with van der Waals surface area (Å²) in [5, 5.41) is 29.8. The number of benzene rings is 3. The molecular formula is C22H17NO7S. The molecule has 31 heavy (non-hydrogen) atoms. The second-order valence-electron chi connectivity index (χ2n) is 6.37. The van der Waals surface area contributed by atoms with Crippen LogP contribution in [0.3, 0.4) is 0 Å². The molecule has 0 aliphatic heterocycles. The Morgan fingerprint density at radius 2 is 1.55 bits per heavy atom. The van der Waals surface area contributed by atoms with Gasteiger partial charge in [-0.25, -0.2) is 9.59 Å². The van der Waals surface area contributed by atoms with E-state index in [1.54, 1.807) is 36.4 Å². The van der Waals surface area contributed by atoms with Crippen molar-refractivity contribution in [3.8, 4) is 5.75 Å². The first-order valence-corrected chi connectivity index (χ1v) is 9.93. The lowest BCUT2D eigenvalue weighted by atomic mass is 10.1. The number of carboxylic acids is 1. The fraction of sp³-hybridized carbons (Fsp3) is 0.0909. The number of carbonyl (C=O) groups excluding carboxylic acids is 1. The second-order valence-corrected chi connectivity index (χ2v) is 7.55. The van der Waals surface area contributed by atoms with Gasteiger partial charge < -0.3 is 14.9 Å². The lowest BCUT2D eigenvalue weighted by Crippen LogP contribution is -2.26. The van der Waals surface area contributed by atoms with Crippen molar-refractivity contribution in [1.29, 1.82) is 0 Å². The van der Waals surface area contributed by atoms with Crippen LogP contribution < -0.4 is 4.74 Å². The molecule has 0 fully saturated rings. The number of hydrogen-bond donors (Lipinski definition) is 2. The van der Waals surface area contributed by atoms with Crippen LogP contribution in [0.1, 0.15) is 21.2 Å². The van der Waals surface area contributed by atoms with E-state index >= 15 is 0 Å². The maximum absolute atomic E-state index is 12.2. The fourth-order valence-electron chi connectivity index (χ4n) is 2.75. The first kappa shape index (κ1) is 22.0.